The molecule has 4 N–H and O–H groups in total. The van der Waals surface area contributed by atoms with Gasteiger partial charge in [0.1, 0.15) is 0 Å². The molecule has 0 saturated carbocycles. The standard InChI is InChI=1S/C50H44N6/c1-51-42-22-24-46(53-3)44(30-42)38-18-8-14-34(26-38)36-16-10-20-40(28-36)48-32-49(56-50(55-48)33-12-6-5-7-13-33)41-21-11-17-37(29-41)35-15-9-19-39(27-35)45-31-43(52-2)23-25-47(45)54-4/h5-32,51-54H,1-4H3. The number of nitrogens with zero attached hydrogens (tertiary/aromatic N) is 2. The van der Waals surface area contributed by atoms with Gasteiger partial charge in [0.2, 0.25) is 0 Å². The van der Waals surface area contributed by atoms with Crippen LogP contribution in [0.3, 0.4) is 0 Å². The van der Waals surface area contributed by atoms with Crippen molar-refractivity contribution < 1.29 is 0 Å². The second kappa shape index (κ2) is 16.0. The third kappa shape index (κ3) is 7.46. The maximum absolute atomic E-state index is 5.16. The van der Waals surface area contributed by atoms with E-state index in [9.17, 15) is 0 Å². The van der Waals surface area contributed by atoms with E-state index >= 15 is 0 Å². The molecule has 8 aromatic rings. The Morgan fingerprint density at radius 1 is 0.304 bits per heavy atom. The molecule has 56 heavy (non-hydrogen) atoms. The highest BCUT2D eigenvalue weighted by atomic mass is 14.9. The monoisotopic (exact) mass is 728 g/mol. The first-order chi connectivity index (χ1) is 27.5. The normalized spacial score (nSPS) is 10.9. The minimum atomic E-state index is 0.686. The molecule has 6 heteroatoms. The first kappa shape index (κ1) is 35.8. The molecule has 0 bridgehead atoms. The zero-order valence-corrected chi connectivity index (χ0v) is 32.1. The van der Waals surface area contributed by atoms with Crippen molar-refractivity contribution >= 4 is 22.7 Å². The molecule has 0 spiro atoms. The van der Waals surface area contributed by atoms with Crippen LogP contribution < -0.4 is 21.3 Å². The van der Waals surface area contributed by atoms with Crippen molar-refractivity contribution in [3.05, 3.63) is 170 Å². The second-order valence-electron chi connectivity index (χ2n) is 13.7. The average molecular weight is 729 g/mol. The number of benzene rings is 7. The number of rotatable bonds is 11. The first-order valence-electron chi connectivity index (χ1n) is 18.9. The molecule has 0 aliphatic rings. The highest BCUT2D eigenvalue weighted by molar-refractivity contribution is 5.86. The van der Waals surface area contributed by atoms with Gasteiger partial charge in [-0.15, -0.1) is 0 Å². The molecule has 0 aliphatic carbocycles. The molecule has 8 rings (SSSR count). The Hall–Kier alpha value is -7.18. The smallest absolute Gasteiger partial charge is 0.160 e. The molecule has 0 aliphatic heterocycles. The molecule has 7 aromatic carbocycles. The largest absolute Gasteiger partial charge is 0.388 e. The summed E-state index contributed by atoms with van der Waals surface area (Å²) in [5.74, 6) is 0.686. The van der Waals surface area contributed by atoms with Crippen molar-refractivity contribution in [1.82, 2.24) is 9.97 Å². The van der Waals surface area contributed by atoms with Crippen molar-refractivity contribution in [1.29, 1.82) is 0 Å². The van der Waals surface area contributed by atoms with E-state index in [-0.39, 0.29) is 0 Å². The summed E-state index contributed by atoms with van der Waals surface area (Å²) in [4.78, 5) is 10.3. The van der Waals surface area contributed by atoms with Gasteiger partial charge in [0.25, 0.3) is 0 Å². The van der Waals surface area contributed by atoms with Crippen LogP contribution in [0.5, 0.6) is 0 Å². The van der Waals surface area contributed by atoms with Gasteiger partial charge >= 0.3 is 0 Å². The van der Waals surface area contributed by atoms with Gasteiger partial charge in [0.05, 0.1) is 11.4 Å². The fourth-order valence-electron chi connectivity index (χ4n) is 7.22. The Balaban J connectivity index is 1.19. The Morgan fingerprint density at radius 2 is 0.679 bits per heavy atom. The van der Waals surface area contributed by atoms with E-state index in [4.69, 9.17) is 9.97 Å². The summed E-state index contributed by atoms with van der Waals surface area (Å²) < 4.78 is 0. The highest BCUT2D eigenvalue weighted by Crippen LogP contribution is 2.37. The molecule has 0 unspecified atom stereocenters. The molecule has 0 fully saturated rings. The number of aromatic nitrogens is 2. The topological polar surface area (TPSA) is 73.9 Å². The zero-order valence-electron chi connectivity index (χ0n) is 32.1. The van der Waals surface area contributed by atoms with Gasteiger partial charge in [0, 0.05) is 78.8 Å². The Morgan fingerprint density at radius 3 is 1.09 bits per heavy atom. The first-order valence-corrected chi connectivity index (χ1v) is 18.9. The average Bonchev–Trinajstić information content (AvgIpc) is 3.28. The Bertz CT molecular complexity index is 2490. The van der Waals surface area contributed by atoms with Gasteiger partial charge in [0.15, 0.2) is 5.82 Å². The van der Waals surface area contributed by atoms with E-state index in [0.29, 0.717) is 5.82 Å². The molecule has 274 valence electrons. The number of hydrogen-bond acceptors (Lipinski definition) is 6. The molecular formula is C50H44N6. The van der Waals surface area contributed by atoms with Gasteiger partial charge in [-0.25, -0.2) is 9.97 Å². The van der Waals surface area contributed by atoms with Crippen molar-refractivity contribution in [3.63, 3.8) is 0 Å². The van der Waals surface area contributed by atoms with Gasteiger partial charge in [-0.3, -0.25) is 0 Å². The van der Waals surface area contributed by atoms with E-state index in [2.05, 4.69) is 173 Å². The van der Waals surface area contributed by atoms with Crippen LogP contribution in [0.2, 0.25) is 0 Å². The van der Waals surface area contributed by atoms with Crippen LogP contribution in [0.4, 0.5) is 22.7 Å². The highest BCUT2D eigenvalue weighted by Gasteiger charge is 2.14. The number of hydrogen-bond donors (Lipinski definition) is 4. The summed E-state index contributed by atoms with van der Waals surface area (Å²) in [7, 11) is 7.82. The SMILES string of the molecule is CNc1ccc(NC)c(-c2cccc(-c3cccc(-c4cc(-c5cccc(-c6cccc(-c7cc(NC)ccc7NC)c6)c5)nc(-c5ccccc5)n4)c3)c2)c1. The van der Waals surface area contributed by atoms with E-state index in [1.165, 1.54) is 0 Å². The van der Waals surface area contributed by atoms with Crippen molar-refractivity contribution in [2.75, 3.05) is 49.5 Å². The lowest BCUT2D eigenvalue weighted by Gasteiger charge is -2.14. The quantitative estimate of drug-likeness (QED) is 0.106. The molecule has 0 saturated heterocycles. The van der Waals surface area contributed by atoms with Gasteiger partial charge in [-0.1, -0.05) is 103 Å². The van der Waals surface area contributed by atoms with Crippen molar-refractivity contribution in [2.24, 2.45) is 0 Å². The van der Waals surface area contributed by atoms with Crippen LogP contribution in [0.1, 0.15) is 0 Å². The Labute approximate surface area is 329 Å². The summed E-state index contributed by atoms with van der Waals surface area (Å²) in [6.07, 6.45) is 0. The third-order valence-electron chi connectivity index (χ3n) is 10.2. The van der Waals surface area contributed by atoms with Crippen LogP contribution in [0.25, 0.3) is 78.4 Å². The lowest BCUT2D eigenvalue weighted by Crippen LogP contribution is -1.96. The molecule has 6 nitrogen and oxygen atoms in total. The maximum atomic E-state index is 5.16. The fourth-order valence-corrected chi connectivity index (χ4v) is 7.22. The predicted molar refractivity (Wildman–Crippen MR) is 238 cm³/mol. The van der Waals surface area contributed by atoms with Crippen LogP contribution in [-0.2, 0) is 0 Å². The van der Waals surface area contributed by atoms with Gasteiger partial charge in [-0.05, 0) is 100 Å². The minimum Gasteiger partial charge on any atom is -0.388 e. The van der Waals surface area contributed by atoms with Gasteiger partial charge < -0.3 is 21.3 Å². The summed E-state index contributed by atoms with van der Waals surface area (Å²) in [6.45, 7) is 0. The molecule has 0 atom stereocenters. The molecular weight excluding hydrogens is 685 g/mol. The van der Waals surface area contributed by atoms with Crippen LogP contribution in [0.15, 0.2) is 170 Å². The molecule has 1 heterocycles. The summed E-state index contributed by atoms with van der Waals surface area (Å²) in [5, 5.41) is 13.3. The van der Waals surface area contributed by atoms with E-state index in [0.717, 1.165) is 95.3 Å². The summed E-state index contributed by atoms with van der Waals surface area (Å²) >= 11 is 0. The van der Waals surface area contributed by atoms with E-state index in [1.54, 1.807) is 0 Å². The summed E-state index contributed by atoms with van der Waals surface area (Å²) in [6, 6.07) is 59.8. The second-order valence-corrected chi connectivity index (χ2v) is 13.7. The zero-order chi connectivity index (χ0) is 38.4. The number of nitrogens with one attached hydrogen (secondary N) is 4. The lowest BCUT2D eigenvalue weighted by atomic mass is 9.95. The van der Waals surface area contributed by atoms with Crippen molar-refractivity contribution in [3.8, 4) is 78.4 Å². The van der Waals surface area contributed by atoms with Crippen LogP contribution in [-0.4, -0.2) is 38.2 Å². The maximum Gasteiger partial charge on any atom is 0.160 e. The number of anilines is 4. The third-order valence-corrected chi connectivity index (χ3v) is 10.2. The Kier molecular flexibility index (Phi) is 10.3. The predicted octanol–water partition coefficient (Wildman–Crippen LogP) is 12.3. The van der Waals surface area contributed by atoms with Crippen LogP contribution in [0, 0.1) is 0 Å². The lowest BCUT2D eigenvalue weighted by molar-refractivity contribution is 1.18. The molecule has 1 aromatic heterocycles. The molecule has 0 amide bonds. The molecule has 0 radical (unpaired) electrons. The van der Waals surface area contributed by atoms with E-state index < -0.39 is 0 Å². The van der Waals surface area contributed by atoms with Crippen LogP contribution >= 0.6 is 0 Å². The minimum absolute atomic E-state index is 0.686. The summed E-state index contributed by atoms with van der Waals surface area (Å²) in [5.41, 5.74) is 18.1. The van der Waals surface area contributed by atoms with E-state index in [1.807, 2.05) is 46.4 Å². The van der Waals surface area contributed by atoms with Gasteiger partial charge in [-0.2, -0.15) is 0 Å². The fraction of sp³-hybridized carbons (Fsp3) is 0.0800. The van der Waals surface area contributed by atoms with Crippen molar-refractivity contribution in [2.45, 2.75) is 0 Å².